The summed E-state index contributed by atoms with van der Waals surface area (Å²) in [4.78, 5) is 10.9. The summed E-state index contributed by atoms with van der Waals surface area (Å²) in [5, 5.41) is 19.0. The van der Waals surface area contributed by atoms with Crippen LogP contribution in [0.2, 0.25) is 5.28 Å². The molecule has 1 aliphatic heterocycles. The van der Waals surface area contributed by atoms with E-state index < -0.39 is 18.4 Å². The van der Waals surface area contributed by atoms with E-state index >= 15 is 0 Å². The van der Waals surface area contributed by atoms with Gasteiger partial charge in [0.1, 0.15) is 17.8 Å². The van der Waals surface area contributed by atoms with Gasteiger partial charge in [0.2, 0.25) is 5.28 Å². The van der Waals surface area contributed by atoms with Crippen molar-refractivity contribution in [3.05, 3.63) is 16.3 Å². The van der Waals surface area contributed by atoms with Crippen LogP contribution in [0.1, 0.15) is 12.6 Å². The molecule has 7 nitrogen and oxygen atoms in total. The zero-order valence-electron chi connectivity index (χ0n) is 9.65. The number of imidazole rings is 1. The van der Waals surface area contributed by atoms with Gasteiger partial charge in [-0.2, -0.15) is 4.98 Å². The second kappa shape index (κ2) is 4.80. The van der Waals surface area contributed by atoms with Crippen molar-refractivity contribution in [1.29, 1.82) is 0 Å². The van der Waals surface area contributed by atoms with Gasteiger partial charge >= 0.3 is 0 Å². The van der Waals surface area contributed by atoms with E-state index in [0.717, 1.165) is 0 Å². The average molecular weight is 303 g/mol. The molecule has 0 aliphatic carbocycles. The third-order valence-electron chi connectivity index (χ3n) is 3.10. The van der Waals surface area contributed by atoms with Crippen LogP contribution >= 0.6 is 23.8 Å². The summed E-state index contributed by atoms with van der Waals surface area (Å²) in [7, 11) is 0. The van der Waals surface area contributed by atoms with Crippen LogP contribution < -0.4 is 0 Å². The van der Waals surface area contributed by atoms with Crippen molar-refractivity contribution in [3.63, 3.8) is 0 Å². The Hall–Kier alpha value is -1.06. The Morgan fingerprint density at radius 2 is 2.42 bits per heavy atom. The number of nitrogens with zero attached hydrogens (tertiary/aromatic N) is 3. The molecule has 3 rings (SSSR count). The normalized spacial score (nSPS) is 27.2. The summed E-state index contributed by atoms with van der Waals surface area (Å²) >= 11 is 11.0. The minimum absolute atomic E-state index is 0.104. The second-order valence-electron chi connectivity index (χ2n) is 4.29. The molecule has 0 saturated carbocycles. The molecular formula is C10H11ClN4O3S. The number of aromatic nitrogens is 4. The number of hydrogen-bond donors (Lipinski definition) is 3. The lowest BCUT2D eigenvalue weighted by Crippen LogP contribution is -2.24. The van der Waals surface area contributed by atoms with E-state index in [1.807, 2.05) is 0 Å². The molecule has 0 amide bonds. The van der Waals surface area contributed by atoms with Crippen LogP contribution in [-0.2, 0) is 4.74 Å². The van der Waals surface area contributed by atoms with E-state index in [1.165, 1.54) is 6.20 Å². The van der Waals surface area contributed by atoms with Crippen molar-refractivity contribution < 1.29 is 14.9 Å². The quantitative estimate of drug-likeness (QED) is 0.560. The third-order valence-corrected chi connectivity index (χ3v) is 3.58. The fraction of sp³-hybridized carbons (Fsp3) is 0.500. The number of aliphatic hydroxyl groups is 2. The van der Waals surface area contributed by atoms with Gasteiger partial charge in [0.25, 0.3) is 0 Å². The van der Waals surface area contributed by atoms with Crippen LogP contribution in [0.5, 0.6) is 0 Å². The Bertz CT molecular complexity index is 672. The smallest absolute Gasteiger partial charge is 0.224 e. The summed E-state index contributed by atoms with van der Waals surface area (Å²) in [5.41, 5.74) is 1.15. The van der Waals surface area contributed by atoms with Crippen LogP contribution in [0.25, 0.3) is 11.2 Å². The molecule has 0 radical (unpaired) electrons. The third kappa shape index (κ3) is 2.15. The van der Waals surface area contributed by atoms with E-state index in [-0.39, 0.29) is 11.9 Å². The number of fused-ring (bicyclic) bond motifs is 1. The lowest BCUT2D eigenvalue weighted by Gasteiger charge is -2.13. The molecular weight excluding hydrogens is 292 g/mol. The SMILES string of the molecule is OC[C@@H]1O[C@@H](n2c(=S)[nH]c3cnc(Cl)nc32)C[C@H]1O. The van der Waals surface area contributed by atoms with Gasteiger partial charge in [-0.25, -0.2) is 4.98 Å². The molecule has 1 fully saturated rings. The molecule has 0 spiro atoms. The summed E-state index contributed by atoms with van der Waals surface area (Å²) in [6.07, 6.45) is 0.0210. The largest absolute Gasteiger partial charge is 0.394 e. The van der Waals surface area contributed by atoms with Crippen molar-refractivity contribution >= 4 is 35.0 Å². The minimum Gasteiger partial charge on any atom is -0.394 e. The highest BCUT2D eigenvalue weighted by Crippen LogP contribution is 2.31. The first-order valence-corrected chi connectivity index (χ1v) is 6.46. The maximum absolute atomic E-state index is 9.77. The first-order chi connectivity index (χ1) is 9.10. The highest BCUT2D eigenvalue weighted by Gasteiger charge is 2.35. The molecule has 0 aromatic carbocycles. The van der Waals surface area contributed by atoms with E-state index in [1.54, 1.807) is 4.57 Å². The molecule has 3 N–H and O–H groups in total. The van der Waals surface area contributed by atoms with E-state index in [4.69, 9.17) is 33.7 Å². The standard InChI is InChI=1S/C10H11ClN4O3S/c11-9-12-2-4-8(14-9)15(10(19)13-4)7-1-5(17)6(3-16)18-7/h2,5-7,16-17H,1,3H2,(H,13,19)/t5-,6+,7-/m1/s1. The number of aromatic amines is 1. The maximum atomic E-state index is 9.77. The maximum Gasteiger partial charge on any atom is 0.224 e. The van der Waals surface area contributed by atoms with Crippen molar-refractivity contribution in [2.24, 2.45) is 0 Å². The van der Waals surface area contributed by atoms with Crippen LogP contribution in [0, 0.1) is 4.77 Å². The summed E-state index contributed by atoms with van der Waals surface area (Å²) < 4.78 is 7.61. The van der Waals surface area contributed by atoms with Crippen LogP contribution in [0.3, 0.4) is 0 Å². The predicted octanol–water partition coefficient (Wildman–Crippen LogP) is 0.783. The van der Waals surface area contributed by atoms with E-state index in [2.05, 4.69) is 15.0 Å². The first kappa shape index (κ1) is 12.9. The van der Waals surface area contributed by atoms with Crippen molar-refractivity contribution in [3.8, 4) is 0 Å². The predicted molar refractivity (Wildman–Crippen MR) is 69.3 cm³/mol. The van der Waals surface area contributed by atoms with E-state index in [9.17, 15) is 5.11 Å². The summed E-state index contributed by atoms with van der Waals surface area (Å²) in [6, 6.07) is 0. The molecule has 0 bridgehead atoms. The second-order valence-corrected chi connectivity index (χ2v) is 5.02. The summed E-state index contributed by atoms with van der Waals surface area (Å²) in [6.45, 7) is -0.247. The minimum atomic E-state index is -0.737. The number of hydrogen-bond acceptors (Lipinski definition) is 6. The highest BCUT2D eigenvalue weighted by molar-refractivity contribution is 7.71. The number of halogens is 1. The monoisotopic (exact) mass is 302 g/mol. The molecule has 102 valence electrons. The van der Waals surface area contributed by atoms with Gasteiger partial charge in [-0.1, -0.05) is 0 Å². The molecule has 2 aromatic heterocycles. The molecule has 3 heterocycles. The fourth-order valence-electron chi connectivity index (χ4n) is 2.20. The topological polar surface area (TPSA) is 96.2 Å². The Morgan fingerprint density at radius 3 is 3.11 bits per heavy atom. The van der Waals surface area contributed by atoms with Crippen LogP contribution in [0.4, 0.5) is 0 Å². The zero-order valence-corrected chi connectivity index (χ0v) is 11.2. The van der Waals surface area contributed by atoms with E-state index in [0.29, 0.717) is 22.4 Å². The average Bonchev–Trinajstić information content (AvgIpc) is 2.88. The molecule has 9 heteroatoms. The lowest BCUT2D eigenvalue weighted by atomic mass is 10.2. The van der Waals surface area contributed by atoms with Gasteiger partial charge in [-0.15, -0.1) is 0 Å². The first-order valence-electron chi connectivity index (χ1n) is 5.67. The Balaban J connectivity index is 2.08. The van der Waals surface area contributed by atoms with Crippen LogP contribution in [-0.4, -0.2) is 48.5 Å². The Labute approximate surface area is 117 Å². The van der Waals surface area contributed by atoms with Gasteiger partial charge in [0, 0.05) is 6.42 Å². The van der Waals surface area contributed by atoms with Gasteiger partial charge in [-0.3, -0.25) is 4.57 Å². The number of rotatable bonds is 2. The van der Waals surface area contributed by atoms with Gasteiger partial charge < -0.3 is 19.9 Å². The Kier molecular flexibility index (Phi) is 3.27. The van der Waals surface area contributed by atoms with Crippen LogP contribution in [0.15, 0.2) is 6.20 Å². The summed E-state index contributed by atoms with van der Waals surface area (Å²) in [5.74, 6) is 0. The van der Waals surface area contributed by atoms with Crippen molar-refractivity contribution in [2.45, 2.75) is 24.9 Å². The zero-order chi connectivity index (χ0) is 13.6. The number of H-pyrrole nitrogens is 1. The molecule has 19 heavy (non-hydrogen) atoms. The molecule has 0 unspecified atom stereocenters. The van der Waals surface area contributed by atoms with Gasteiger partial charge in [0.15, 0.2) is 10.4 Å². The Morgan fingerprint density at radius 1 is 1.63 bits per heavy atom. The lowest BCUT2D eigenvalue weighted by molar-refractivity contribution is -0.0436. The highest BCUT2D eigenvalue weighted by atomic mass is 35.5. The molecule has 2 aromatic rings. The van der Waals surface area contributed by atoms with Gasteiger partial charge in [0.05, 0.1) is 18.9 Å². The molecule has 1 saturated heterocycles. The number of aliphatic hydroxyl groups excluding tert-OH is 2. The van der Waals surface area contributed by atoms with Crippen molar-refractivity contribution in [1.82, 2.24) is 19.5 Å². The van der Waals surface area contributed by atoms with Crippen molar-refractivity contribution in [2.75, 3.05) is 6.61 Å². The molecule has 1 aliphatic rings. The fourth-order valence-corrected chi connectivity index (χ4v) is 2.64. The van der Waals surface area contributed by atoms with Gasteiger partial charge in [-0.05, 0) is 23.8 Å². The number of ether oxygens (including phenoxy) is 1. The number of nitrogens with one attached hydrogen (secondary N) is 1. The molecule has 3 atom stereocenters.